The van der Waals surface area contributed by atoms with Crippen LogP contribution in [0.2, 0.25) is 0 Å². The first-order chi connectivity index (χ1) is 11.8. The molecule has 0 fully saturated rings. The number of nitrogens with one attached hydrogen (secondary N) is 1. The number of aryl methyl sites for hydroxylation is 2. The SMILES string of the molecule is Cc1n[nH]c(C)c1S(=O)(=O)N(C)CC(=O)N1CCc2ccccc2C1. The fraction of sp³-hybridized carbons (Fsp3) is 0.412. The van der Waals surface area contributed by atoms with Gasteiger partial charge in [0.2, 0.25) is 15.9 Å². The Balaban J connectivity index is 1.73. The van der Waals surface area contributed by atoms with Gasteiger partial charge in [-0.3, -0.25) is 9.89 Å². The third-order valence-corrected chi connectivity index (χ3v) is 6.64. The molecule has 0 atom stereocenters. The zero-order valence-electron chi connectivity index (χ0n) is 14.6. The van der Waals surface area contributed by atoms with Crippen molar-refractivity contribution in [2.24, 2.45) is 0 Å². The third-order valence-electron chi connectivity index (χ3n) is 4.57. The lowest BCUT2D eigenvalue weighted by Gasteiger charge is -2.30. The lowest BCUT2D eigenvalue weighted by atomic mass is 10.00. The number of amides is 1. The summed E-state index contributed by atoms with van der Waals surface area (Å²) in [7, 11) is -2.33. The summed E-state index contributed by atoms with van der Waals surface area (Å²) >= 11 is 0. The molecule has 0 bridgehead atoms. The lowest BCUT2D eigenvalue weighted by Crippen LogP contribution is -2.43. The first-order valence-corrected chi connectivity index (χ1v) is 9.57. The summed E-state index contributed by atoms with van der Waals surface area (Å²) in [5.41, 5.74) is 3.25. The number of carbonyl (C=O) groups excluding carboxylic acids is 1. The quantitative estimate of drug-likeness (QED) is 0.886. The second-order valence-electron chi connectivity index (χ2n) is 6.36. The van der Waals surface area contributed by atoms with Gasteiger partial charge in [0.1, 0.15) is 4.90 Å². The largest absolute Gasteiger partial charge is 0.337 e. The normalized spacial score (nSPS) is 14.6. The molecule has 0 aliphatic carbocycles. The Labute approximate surface area is 147 Å². The molecule has 0 spiro atoms. The predicted octanol–water partition coefficient (Wildman–Crippen LogP) is 1.23. The number of nitrogens with zero attached hydrogens (tertiary/aromatic N) is 3. The minimum absolute atomic E-state index is 0.145. The summed E-state index contributed by atoms with van der Waals surface area (Å²) < 4.78 is 26.6. The van der Waals surface area contributed by atoms with E-state index in [1.54, 1.807) is 18.7 Å². The summed E-state index contributed by atoms with van der Waals surface area (Å²) in [6.45, 7) is 4.23. The minimum Gasteiger partial charge on any atom is -0.337 e. The molecule has 1 aliphatic heterocycles. The summed E-state index contributed by atoms with van der Waals surface area (Å²) in [6.07, 6.45) is 0.790. The highest BCUT2D eigenvalue weighted by atomic mass is 32.2. The number of sulfonamides is 1. The van der Waals surface area contributed by atoms with E-state index in [9.17, 15) is 13.2 Å². The van der Waals surface area contributed by atoms with Gasteiger partial charge in [-0.2, -0.15) is 9.40 Å². The number of likely N-dealkylation sites (N-methyl/N-ethyl adjacent to an activating group) is 1. The van der Waals surface area contributed by atoms with Gasteiger partial charge in [0.15, 0.2) is 0 Å². The Kier molecular flexibility index (Phi) is 4.66. The maximum atomic E-state index is 12.7. The van der Waals surface area contributed by atoms with Crippen LogP contribution in [0.5, 0.6) is 0 Å². The van der Waals surface area contributed by atoms with Gasteiger partial charge in [-0.1, -0.05) is 24.3 Å². The van der Waals surface area contributed by atoms with E-state index in [1.165, 1.54) is 12.6 Å². The van der Waals surface area contributed by atoms with Crippen LogP contribution in [0.15, 0.2) is 29.2 Å². The van der Waals surface area contributed by atoms with Crippen molar-refractivity contribution in [2.75, 3.05) is 20.1 Å². The summed E-state index contributed by atoms with van der Waals surface area (Å²) in [5, 5.41) is 6.61. The molecule has 134 valence electrons. The fourth-order valence-corrected chi connectivity index (χ4v) is 4.60. The van der Waals surface area contributed by atoms with Gasteiger partial charge < -0.3 is 4.90 Å². The number of benzene rings is 1. The number of aromatic nitrogens is 2. The molecule has 1 aliphatic rings. The molecule has 7 nitrogen and oxygen atoms in total. The van der Waals surface area contributed by atoms with Crippen LogP contribution in [0, 0.1) is 13.8 Å². The number of carbonyl (C=O) groups is 1. The second-order valence-corrected chi connectivity index (χ2v) is 8.34. The summed E-state index contributed by atoms with van der Waals surface area (Å²) in [4.78, 5) is 14.5. The van der Waals surface area contributed by atoms with Crippen molar-refractivity contribution in [3.05, 3.63) is 46.8 Å². The molecular weight excluding hydrogens is 340 g/mol. The third kappa shape index (κ3) is 3.32. The monoisotopic (exact) mass is 362 g/mol. The number of rotatable bonds is 4. The molecule has 1 N–H and O–H groups in total. The minimum atomic E-state index is -3.76. The number of H-pyrrole nitrogens is 1. The highest BCUT2D eigenvalue weighted by Crippen LogP contribution is 2.22. The molecule has 0 unspecified atom stereocenters. The first-order valence-electron chi connectivity index (χ1n) is 8.13. The summed E-state index contributed by atoms with van der Waals surface area (Å²) in [6, 6.07) is 8.02. The number of aromatic amines is 1. The van der Waals surface area contributed by atoms with E-state index in [2.05, 4.69) is 16.3 Å². The summed E-state index contributed by atoms with van der Waals surface area (Å²) in [5.74, 6) is -0.195. The Hall–Kier alpha value is -2.19. The second kappa shape index (κ2) is 6.61. The van der Waals surface area contributed by atoms with E-state index < -0.39 is 10.0 Å². The van der Waals surface area contributed by atoms with Gasteiger partial charge >= 0.3 is 0 Å². The van der Waals surface area contributed by atoms with Crippen molar-refractivity contribution in [1.29, 1.82) is 0 Å². The Morgan fingerprint density at radius 3 is 2.60 bits per heavy atom. The molecule has 25 heavy (non-hydrogen) atoms. The Morgan fingerprint density at radius 1 is 1.28 bits per heavy atom. The number of hydrogen-bond donors (Lipinski definition) is 1. The van der Waals surface area contributed by atoms with Crippen LogP contribution in [-0.4, -0.2) is 53.9 Å². The van der Waals surface area contributed by atoms with Crippen LogP contribution in [0.4, 0.5) is 0 Å². The van der Waals surface area contributed by atoms with Crippen LogP contribution in [-0.2, 0) is 27.8 Å². The standard InChI is InChI=1S/C17H22N4O3S/c1-12-17(13(2)19-18-12)25(23,24)20(3)11-16(22)21-9-8-14-6-4-5-7-15(14)10-21/h4-7H,8-11H2,1-3H3,(H,18,19). The molecular formula is C17H22N4O3S. The average molecular weight is 362 g/mol. The van der Waals surface area contributed by atoms with E-state index in [-0.39, 0.29) is 17.3 Å². The van der Waals surface area contributed by atoms with Crippen molar-refractivity contribution in [1.82, 2.24) is 19.4 Å². The number of hydrogen-bond acceptors (Lipinski definition) is 4. The highest BCUT2D eigenvalue weighted by Gasteiger charge is 2.30. The molecule has 2 heterocycles. The van der Waals surface area contributed by atoms with Crippen molar-refractivity contribution in [2.45, 2.75) is 31.7 Å². The van der Waals surface area contributed by atoms with Gasteiger partial charge in [0.25, 0.3) is 0 Å². The smallest absolute Gasteiger partial charge is 0.246 e. The molecule has 0 saturated heterocycles. The zero-order valence-corrected chi connectivity index (χ0v) is 15.4. The van der Waals surface area contributed by atoms with Gasteiger partial charge in [0, 0.05) is 20.1 Å². The van der Waals surface area contributed by atoms with Gasteiger partial charge in [-0.05, 0) is 31.4 Å². The Bertz CT molecular complexity index is 885. The van der Waals surface area contributed by atoms with Crippen LogP contribution < -0.4 is 0 Å². The molecule has 8 heteroatoms. The van der Waals surface area contributed by atoms with Crippen LogP contribution in [0.3, 0.4) is 0 Å². The molecule has 1 amide bonds. The lowest BCUT2D eigenvalue weighted by molar-refractivity contribution is -0.132. The molecule has 0 radical (unpaired) electrons. The van der Waals surface area contributed by atoms with Gasteiger partial charge in [0.05, 0.1) is 17.9 Å². The van der Waals surface area contributed by atoms with Crippen molar-refractivity contribution < 1.29 is 13.2 Å². The van der Waals surface area contributed by atoms with E-state index in [1.807, 2.05) is 18.2 Å². The Morgan fingerprint density at radius 2 is 1.96 bits per heavy atom. The molecule has 3 rings (SSSR count). The van der Waals surface area contributed by atoms with E-state index >= 15 is 0 Å². The first kappa shape index (κ1) is 17.6. The van der Waals surface area contributed by atoms with Crippen LogP contribution in [0.1, 0.15) is 22.5 Å². The zero-order chi connectivity index (χ0) is 18.2. The maximum absolute atomic E-state index is 12.7. The molecule has 0 saturated carbocycles. The predicted molar refractivity (Wildman–Crippen MR) is 93.4 cm³/mol. The van der Waals surface area contributed by atoms with Crippen molar-refractivity contribution in [3.63, 3.8) is 0 Å². The fourth-order valence-electron chi connectivity index (χ4n) is 3.16. The van der Waals surface area contributed by atoms with E-state index in [4.69, 9.17) is 0 Å². The van der Waals surface area contributed by atoms with Crippen LogP contribution >= 0.6 is 0 Å². The van der Waals surface area contributed by atoms with Gasteiger partial charge in [-0.25, -0.2) is 8.42 Å². The van der Waals surface area contributed by atoms with E-state index in [0.717, 1.165) is 16.3 Å². The van der Waals surface area contributed by atoms with Gasteiger partial charge in [-0.15, -0.1) is 0 Å². The van der Waals surface area contributed by atoms with Crippen molar-refractivity contribution in [3.8, 4) is 0 Å². The maximum Gasteiger partial charge on any atom is 0.246 e. The topological polar surface area (TPSA) is 86.4 Å². The highest BCUT2D eigenvalue weighted by molar-refractivity contribution is 7.89. The molecule has 1 aromatic heterocycles. The molecule has 1 aromatic carbocycles. The van der Waals surface area contributed by atoms with E-state index in [0.29, 0.717) is 24.5 Å². The van der Waals surface area contributed by atoms with Crippen molar-refractivity contribution >= 4 is 15.9 Å². The number of fused-ring (bicyclic) bond motifs is 1. The van der Waals surface area contributed by atoms with Crippen LogP contribution in [0.25, 0.3) is 0 Å². The molecule has 2 aromatic rings. The average Bonchev–Trinajstić information content (AvgIpc) is 2.93.